The highest BCUT2D eigenvalue weighted by molar-refractivity contribution is 7.80. The molecular formula is C10H14N2OS. The summed E-state index contributed by atoms with van der Waals surface area (Å²) in [6, 6.07) is 7.66. The van der Waals surface area contributed by atoms with Crippen molar-refractivity contribution in [1.82, 2.24) is 0 Å². The number of anilines is 1. The fourth-order valence-electron chi connectivity index (χ4n) is 1.30. The summed E-state index contributed by atoms with van der Waals surface area (Å²) in [7, 11) is 1.63. The Balaban J connectivity index is 3.08. The van der Waals surface area contributed by atoms with Gasteiger partial charge in [0.05, 0.1) is 12.8 Å². The molecule has 1 aromatic rings. The molecule has 0 saturated heterocycles. The number of thiocarbonyl (C=S) groups is 1. The summed E-state index contributed by atoms with van der Waals surface area (Å²) in [4.78, 5) is 1.83. The van der Waals surface area contributed by atoms with Gasteiger partial charge in [0.1, 0.15) is 5.75 Å². The first-order chi connectivity index (χ1) is 6.70. The molecule has 0 aromatic heterocycles. The van der Waals surface area contributed by atoms with Crippen molar-refractivity contribution in [3.63, 3.8) is 0 Å². The third-order valence-electron chi connectivity index (χ3n) is 1.96. The van der Waals surface area contributed by atoms with Crippen LogP contribution in [-0.4, -0.2) is 18.8 Å². The summed E-state index contributed by atoms with van der Waals surface area (Å²) < 4.78 is 5.22. The van der Waals surface area contributed by atoms with Crippen LogP contribution in [0.4, 0.5) is 5.69 Å². The molecule has 1 rings (SSSR count). The molecule has 0 aliphatic carbocycles. The minimum absolute atomic E-state index is 0.358. The van der Waals surface area contributed by atoms with Crippen LogP contribution in [0.25, 0.3) is 0 Å². The Hall–Kier alpha value is -1.29. The number of methoxy groups -OCH3 is 1. The Bertz CT molecular complexity index is 328. The molecule has 2 N–H and O–H groups in total. The lowest BCUT2D eigenvalue weighted by Crippen LogP contribution is -2.35. The van der Waals surface area contributed by atoms with Crippen molar-refractivity contribution >= 4 is 23.0 Å². The molecule has 0 radical (unpaired) electrons. The van der Waals surface area contributed by atoms with Crippen molar-refractivity contribution in [2.75, 3.05) is 18.6 Å². The fraction of sp³-hybridized carbons (Fsp3) is 0.300. The van der Waals surface area contributed by atoms with Gasteiger partial charge in [0.2, 0.25) is 0 Å². The van der Waals surface area contributed by atoms with Gasteiger partial charge < -0.3 is 15.4 Å². The molecule has 0 aliphatic rings. The SMILES string of the molecule is CCN(C(N)=S)c1ccccc1OC. The summed E-state index contributed by atoms with van der Waals surface area (Å²) in [5.74, 6) is 0.780. The Morgan fingerprint density at radius 1 is 1.50 bits per heavy atom. The maximum absolute atomic E-state index is 5.60. The van der Waals surface area contributed by atoms with E-state index >= 15 is 0 Å². The zero-order chi connectivity index (χ0) is 10.6. The second-order valence-corrected chi connectivity index (χ2v) is 3.17. The Morgan fingerprint density at radius 2 is 2.14 bits per heavy atom. The fourth-order valence-corrected chi connectivity index (χ4v) is 1.53. The number of nitrogens with zero attached hydrogens (tertiary/aromatic N) is 1. The van der Waals surface area contributed by atoms with Gasteiger partial charge in [-0.25, -0.2) is 0 Å². The average molecular weight is 210 g/mol. The van der Waals surface area contributed by atoms with Crippen LogP contribution in [-0.2, 0) is 0 Å². The van der Waals surface area contributed by atoms with Crippen LogP contribution in [0.15, 0.2) is 24.3 Å². The van der Waals surface area contributed by atoms with Gasteiger partial charge in [-0.05, 0) is 31.3 Å². The first kappa shape index (κ1) is 10.8. The first-order valence-electron chi connectivity index (χ1n) is 4.40. The van der Waals surface area contributed by atoms with Crippen LogP contribution in [0.1, 0.15) is 6.92 Å². The van der Waals surface area contributed by atoms with Crippen molar-refractivity contribution < 1.29 is 4.74 Å². The van der Waals surface area contributed by atoms with E-state index in [1.807, 2.05) is 36.1 Å². The molecule has 76 valence electrons. The second kappa shape index (κ2) is 4.81. The van der Waals surface area contributed by atoms with Crippen LogP contribution in [0.2, 0.25) is 0 Å². The van der Waals surface area contributed by atoms with Crippen LogP contribution < -0.4 is 15.4 Å². The number of ether oxygens (including phenoxy) is 1. The quantitative estimate of drug-likeness (QED) is 0.772. The van der Waals surface area contributed by atoms with Gasteiger partial charge in [-0.15, -0.1) is 0 Å². The molecule has 0 heterocycles. The van der Waals surface area contributed by atoms with Crippen molar-refractivity contribution in [3.05, 3.63) is 24.3 Å². The minimum Gasteiger partial charge on any atom is -0.495 e. The lowest BCUT2D eigenvalue weighted by molar-refractivity contribution is 0.415. The van der Waals surface area contributed by atoms with Crippen LogP contribution in [0.5, 0.6) is 5.75 Å². The highest BCUT2D eigenvalue weighted by Gasteiger charge is 2.11. The van der Waals surface area contributed by atoms with Crippen LogP contribution in [0.3, 0.4) is 0 Å². The lowest BCUT2D eigenvalue weighted by Gasteiger charge is -2.22. The number of benzene rings is 1. The van der Waals surface area contributed by atoms with E-state index in [9.17, 15) is 0 Å². The van der Waals surface area contributed by atoms with Crippen LogP contribution in [0, 0.1) is 0 Å². The molecule has 0 bridgehead atoms. The van der Waals surface area contributed by atoms with Gasteiger partial charge in [0.25, 0.3) is 0 Å². The Labute approximate surface area is 89.5 Å². The topological polar surface area (TPSA) is 38.5 Å². The first-order valence-corrected chi connectivity index (χ1v) is 4.81. The summed E-state index contributed by atoms with van der Waals surface area (Å²) in [5, 5.41) is 0.358. The summed E-state index contributed by atoms with van der Waals surface area (Å²) in [5.41, 5.74) is 6.51. The predicted octanol–water partition coefficient (Wildman–Crippen LogP) is 1.77. The maximum Gasteiger partial charge on any atom is 0.170 e. The summed E-state index contributed by atoms with van der Waals surface area (Å²) in [6.45, 7) is 2.72. The smallest absolute Gasteiger partial charge is 0.170 e. The molecule has 14 heavy (non-hydrogen) atoms. The van der Waals surface area contributed by atoms with Gasteiger partial charge in [-0.1, -0.05) is 12.1 Å². The largest absolute Gasteiger partial charge is 0.495 e. The molecule has 0 aliphatic heterocycles. The molecule has 1 aromatic carbocycles. The maximum atomic E-state index is 5.60. The van der Waals surface area contributed by atoms with E-state index in [2.05, 4.69) is 0 Å². The molecule has 0 saturated carbocycles. The number of rotatable bonds is 3. The Morgan fingerprint density at radius 3 is 2.64 bits per heavy atom. The van der Waals surface area contributed by atoms with Crippen molar-refractivity contribution in [1.29, 1.82) is 0 Å². The lowest BCUT2D eigenvalue weighted by atomic mass is 10.2. The zero-order valence-electron chi connectivity index (χ0n) is 8.36. The van der Waals surface area contributed by atoms with E-state index in [0.717, 1.165) is 18.0 Å². The van der Waals surface area contributed by atoms with E-state index < -0.39 is 0 Å². The minimum atomic E-state index is 0.358. The van der Waals surface area contributed by atoms with Gasteiger partial charge in [-0.3, -0.25) is 0 Å². The molecule has 0 unspecified atom stereocenters. The molecule has 0 fully saturated rings. The van der Waals surface area contributed by atoms with Gasteiger partial charge >= 0.3 is 0 Å². The molecule has 4 heteroatoms. The molecule has 3 nitrogen and oxygen atoms in total. The van der Waals surface area contributed by atoms with Crippen molar-refractivity contribution in [2.24, 2.45) is 5.73 Å². The zero-order valence-corrected chi connectivity index (χ0v) is 9.17. The van der Waals surface area contributed by atoms with Gasteiger partial charge in [0.15, 0.2) is 5.11 Å². The number of para-hydroxylation sites is 2. The third kappa shape index (κ3) is 2.14. The molecule has 0 spiro atoms. The van der Waals surface area contributed by atoms with Gasteiger partial charge in [-0.2, -0.15) is 0 Å². The molecular weight excluding hydrogens is 196 g/mol. The van der Waals surface area contributed by atoms with E-state index in [1.165, 1.54) is 0 Å². The average Bonchev–Trinajstić information content (AvgIpc) is 2.19. The van der Waals surface area contributed by atoms with E-state index in [0.29, 0.717) is 5.11 Å². The second-order valence-electron chi connectivity index (χ2n) is 2.75. The van der Waals surface area contributed by atoms with Crippen molar-refractivity contribution in [3.8, 4) is 5.75 Å². The third-order valence-corrected chi connectivity index (χ3v) is 2.18. The standard InChI is InChI=1S/C10H14N2OS/c1-3-12(10(11)14)8-6-4-5-7-9(8)13-2/h4-7H,3H2,1-2H3,(H2,11,14). The number of nitrogens with two attached hydrogens (primary N) is 1. The number of hydrogen-bond donors (Lipinski definition) is 1. The van der Waals surface area contributed by atoms with E-state index in [4.69, 9.17) is 22.7 Å². The number of hydrogen-bond acceptors (Lipinski definition) is 2. The summed E-state index contributed by atoms with van der Waals surface area (Å²) >= 11 is 4.95. The monoisotopic (exact) mass is 210 g/mol. The predicted molar refractivity (Wildman–Crippen MR) is 62.8 cm³/mol. The van der Waals surface area contributed by atoms with Gasteiger partial charge in [0, 0.05) is 6.54 Å². The van der Waals surface area contributed by atoms with E-state index in [1.54, 1.807) is 7.11 Å². The highest BCUT2D eigenvalue weighted by Crippen LogP contribution is 2.27. The van der Waals surface area contributed by atoms with E-state index in [-0.39, 0.29) is 0 Å². The molecule has 0 atom stereocenters. The summed E-state index contributed by atoms with van der Waals surface area (Å²) in [6.07, 6.45) is 0. The van der Waals surface area contributed by atoms with Crippen molar-refractivity contribution in [2.45, 2.75) is 6.92 Å². The normalized spacial score (nSPS) is 9.57. The molecule has 0 amide bonds. The highest BCUT2D eigenvalue weighted by atomic mass is 32.1. The van der Waals surface area contributed by atoms with Crippen LogP contribution >= 0.6 is 12.2 Å². The Kier molecular flexibility index (Phi) is 3.71.